The lowest BCUT2D eigenvalue weighted by atomic mass is 9.94. The number of aromatic nitrogens is 2. The van der Waals surface area contributed by atoms with Crippen molar-refractivity contribution in [1.29, 1.82) is 0 Å². The molecule has 1 aromatic carbocycles. The summed E-state index contributed by atoms with van der Waals surface area (Å²) in [4.78, 5) is 33.9. The number of fused-ring (bicyclic) bond motifs is 1. The van der Waals surface area contributed by atoms with Gasteiger partial charge < -0.3 is 9.88 Å². The van der Waals surface area contributed by atoms with E-state index in [2.05, 4.69) is 46.2 Å². The van der Waals surface area contributed by atoms with E-state index in [0.717, 1.165) is 19.2 Å². The van der Waals surface area contributed by atoms with Gasteiger partial charge in [0.15, 0.2) is 0 Å². The van der Waals surface area contributed by atoms with E-state index in [9.17, 15) is 9.59 Å². The van der Waals surface area contributed by atoms with Gasteiger partial charge in [-0.05, 0) is 24.6 Å². The molecule has 0 aliphatic carbocycles. The molecular formula is C17H20N4O2. The number of likely N-dealkylation sites (N-methyl/N-ethyl adjacent to an activating group) is 2. The maximum atomic E-state index is 12.4. The topological polar surface area (TPSA) is 69.3 Å². The van der Waals surface area contributed by atoms with Crippen molar-refractivity contribution in [1.82, 2.24) is 19.8 Å². The van der Waals surface area contributed by atoms with Crippen LogP contribution in [-0.2, 0) is 13.0 Å². The maximum absolute atomic E-state index is 12.4. The van der Waals surface area contributed by atoms with Crippen LogP contribution in [0.5, 0.6) is 0 Å². The molecule has 0 saturated heterocycles. The second kappa shape index (κ2) is 6.34. The number of nitrogens with zero attached hydrogens (tertiary/aromatic N) is 3. The number of carbonyl (C=O) groups is 1. The van der Waals surface area contributed by atoms with E-state index >= 15 is 0 Å². The summed E-state index contributed by atoms with van der Waals surface area (Å²) >= 11 is 0. The first-order chi connectivity index (χ1) is 11.0. The molecule has 0 fully saturated rings. The van der Waals surface area contributed by atoms with E-state index in [1.807, 2.05) is 0 Å². The van der Waals surface area contributed by atoms with Crippen molar-refractivity contribution in [2.24, 2.45) is 0 Å². The Balaban J connectivity index is 1.72. The summed E-state index contributed by atoms with van der Waals surface area (Å²) < 4.78 is 0. The number of hydrogen-bond acceptors (Lipinski definition) is 4. The Hall–Kier alpha value is -2.47. The quantitative estimate of drug-likeness (QED) is 0.914. The van der Waals surface area contributed by atoms with Crippen LogP contribution in [0.3, 0.4) is 0 Å². The third kappa shape index (κ3) is 3.32. The highest BCUT2D eigenvalue weighted by Crippen LogP contribution is 2.22. The Kier molecular flexibility index (Phi) is 4.25. The average Bonchev–Trinajstić information content (AvgIpc) is 2.54. The largest absolute Gasteiger partial charge is 0.339 e. The molecule has 1 N–H and O–H groups in total. The molecule has 0 spiro atoms. The summed E-state index contributed by atoms with van der Waals surface area (Å²) in [5.41, 5.74) is 2.54. The van der Waals surface area contributed by atoms with Gasteiger partial charge in [-0.2, -0.15) is 0 Å². The first kappa shape index (κ1) is 15.4. The van der Waals surface area contributed by atoms with E-state index in [-0.39, 0.29) is 23.2 Å². The fourth-order valence-corrected chi connectivity index (χ4v) is 3.01. The van der Waals surface area contributed by atoms with Crippen LogP contribution >= 0.6 is 0 Å². The number of amides is 1. The number of nitrogens with one attached hydrogen (secondary N) is 1. The minimum absolute atomic E-state index is 0.220. The molecule has 1 aromatic heterocycles. The monoisotopic (exact) mass is 312 g/mol. The highest BCUT2D eigenvalue weighted by atomic mass is 16.2. The molecule has 120 valence electrons. The van der Waals surface area contributed by atoms with Gasteiger partial charge in [0.1, 0.15) is 5.69 Å². The minimum Gasteiger partial charge on any atom is -0.339 e. The zero-order valence-corrected chi connectivity index (χ0v) is 13.3. The Morgan fingerprint density at radius 1 is 1.35 bits per heavy atom. The van der Waals surface area contributed by atoms with Crippen molar-refractivity contribution in [2.45, 2.75) is 19.0 Å². The van der Waals surface area contributed by atoms with Gasteiger partial charge in [0.25, 0.3) is 11.5 Å². The van der Waals surface area contributed by atoms with Gasteiger partial charge >= 0.3 is 0 Å². The van der Waals surface area contributed by atoms with Crippen LogP contribution in [0.1, 0.15) is 21.6 Å². The van der Waals surface area contributed by atoms with Crippen molar-refractivity contribution in [3.63, 3.8) is 0 Å². The molecule has 6 nitrogen and oxygen atoms in total. The van der Waals surface area contributed by atoms with Crippen LogP contribution in [0.25, 0.3) is 0 Å². The van der Waals surface area contributed by atoms with Crippen molar-refractivity contribution in [2.75, 3.05) is 20.6 Å². The third-order valence-corrected chi connectivity index (χ3v) is 4.33. The van der Waals surface area contributed by atoms with E-state index in [1.54, 1.807) is 11.9 Å². The summed E-state index contributed by atoms with van der Waals surface area (Å²) in [6, 6.07) is 8.66. The molecule has 0 saturated carbocycles. The summed E-state index contributed by atoms with van der Waals surface area (Å²) in [6.07, 6.45) is 3.45. The van der Waals surface area contributed by atoms with E-state index in [4.69, 9.17) is 0 Å². The van der Waals surface area contributed by atoms with Crippen molar-refractivity contribution in [3.8, 4) is 0 Å². The summed E-state index contributed by atoms with van der Waals surface area (Å²) in [7, 11) is 3.83. The normalized spacial score (nSPS) is 17.6. The molecule has 0 bridgehead atoms. The molecule has 2 heterocycles. The first-order valence-corrected chi connectivity index (χ1v) is 7.61. The van der Waals surface area contributed by atoms with Crippen molar-refractivity contribution in [3.05, 3.63) is 63.8 Å². The van der Waals surface area contributed by atoms with Crippen molar-refractivity contribution >= 4 is 5.91 Å². The number of rotatable bonds is 3. The van der Waals surface area contributed by atoms with E-state index in [0.29, 0.717) is 6.54 Å². The SMILES string of the molecule is CN(CC1Cc2ccccc2CN1C)C(=O)c1cncc(=O)[nH]1. The van der Waals surface area contributed by atoms with Crippen LogP contribution < -0.4 is 5.56 Å². The molecule has 2 aromatic rings. The highest BCUT2D eigenvalue weighted by Gasteiger charge is 2.26. The third-order valence-electron chi connectivity index (χ3n) is 4.33. The summed E-state index contributed by atoms with van der Waals surface area (Å²) in [6.45, 7) is 1.48. The van der Waals surface area contributed by atoms with Crippen LogP contribution in [0.4, 0.5) is 0 Å². The lowest BCUT2D eigenvalue weighted by Crippen LogP contribution is -2.46. The molecule has 3 rings (SSSR count). The maximum Gasteiger partial charge on any atom is 0.271 e. The van der Waals surface area contributed by atoms with Crippen LogP contribution in [0.2, 0.25) is 0 Å². The van der Waals surface area contributed by atoms with Crippen LogP contribution in [0, 0.1) is 0 Å². The van der Waals surface area contributed by atoms with Gasteiger partial charge in [-0.3, -0.25) is 19.5 Å². The Labute approximate surface area is 134 Å². The van der Waals surface area contributed by atoms with Crippen LogP contribution in [0.15, 0.2) is 41.5 Å². The van der Waals surface area contributed by atoms with Gasteiger partial charge in [-0.25, -0.2) is 0 Å². The Morgan fingerprint density at radius 2 is 2.09 bits per heavy atom. The molecule has 1 aliphatic heterocycles. The Bertz CT molecular complexity index is 771. The first-order valence-electron chi connectivity index (χ1n) is 7.61. The summed E-state index contributed by atoms with van der Waals surface area (Å²) in [5.74, 6) is -0.220. The minimum atomic E-state index is -0.368. The van der Waals surface area contributed by atoms with Gasteiger partial charge in [0.05, 0.1) is 12.4 Å². The van der Waals surface area contributed by atoms with Gasteiger partial charge in [-0.15, -0.1) is 0 Å². The molecule has 6 heteroatoms. The lowest BCUT2D eigenvalue weighted by molar-refractivity contribution is 0.0727. The highest BCUT2D eigenvalue weighted by molar-refractivity contribution is 5.91. The standard InChI is InChI=1S/C17H20N4O2/c1-20-10-13-6-4-3-5-12(13)7-14(20)11-21(2)17(23)15-8-18-9-16(22)19-15/h3-6,8-9,14H,7,10-11H2,1-2H3,(H,19,22). The summed E-state index contributed by atoms with van der Waals surface area (Å²) in [5, 5.41) is 0. The zero-order valence-electron chi connectivity index (χ0n) is 13.3. The van der Waals surface area contributed by atoms with Crippen LogP contribution in [-0.4, -0.2) is 52.4 Å². The number of carbonyl (C=O) groups excluding carboxylic acids is 1. The number of benzene rings is 1. The lowest BCUT2D eigenvalue weighted by Gasteiger charge is -2.36. The van der Waals surface area contributed by atoms with E-state index < -0.39 is 0 Å². The molecular weight excluding hydrogens is 292 g/mol. The van der Waals surface area contributed by atoms with Gasteiger partial charge in [0.2, 0.25) is 0 Å². The Morgan fingerprint density at radius 3 is 2.83 bits per heavy atom. The second-order valence-electron chi connectivity index (χ2n) is 6.04. The zero-order chi connectivity index (χ0) is 16.4. The predicted molar refractivity (Wildman–Crippen MR) is 87.2 cm³/mol. The van der Waals surface area contributed by atoms with Gasteiger partial charge in [0, 0.05) is 26.2 Å². The fourth-order valence-electron chi connectivity index (χ4n) is 3.01. The smallest absolute Gasteiger partial charge is 0.271 e. The molecule has 1 unspecified atom stereocenters. The molecule has 1 atom stereocenters. The molecule has 1 aliphatic rings. The molecule has 23 heavy (non-hydrogen) atoms. The predicted octanol–water partition coefficient (Wildman–Crippen LogP) is 0.899. The number of H-pyrrole nitrogens is 1. The molecule has 1 amide bonds. The number of aromatic amines is 1. The average molecular weight is 312 g/mol. The van der Waals surface area contributed by atoms with Gasteiger partial charge in [-0.1, -0.05) is 24.3 Å². The fraction of sp³-hybridized carbons (Fsp3) is 0.353. The van der Waals surface area contributed by atoms with Crippen molar-refractivity contribution < 1.29 is 4.79 Å². The second-order valence-corrected chi connectivity index (χ2v) is 6.04. The molecule has 0 radical (unpaired) electrons. The number of hydrogen-bond donors (Lipinski definition) is 1. The van der Waals surface area contributed by atoms with E-state index in [1.165, 1.54) is 17.3 Å².